The van der Waals surface area contributed by atoms with Gasteiger partial charge in [0.2, 0.25) is 0 Å². The van der Waals surface area contributed by atoms with Crippen molar-refractivity contribution in [1.82, 2.24) is 10.6 Å². The molecule has 0 saturated carbocycles. The zero-order valence-electron chi connectivity index (χ0n) is 14.8. The molecule has 2 aromatic rings. The number of benzene rings is 2. The fourth-order valence-electron chi connectivity index (χ4n) is 2.38. The Balaban J connectivity index is 1.92. The number of rotatable bonds is 6. The number of hydrogen-bond donors (Lipinski definition) is 2. The summed E-state index contributed by atoms with van der Waals surface area (Å²) >= 11 is 0. The number of anilines is 1. The van der Waals surface area contributed by atoms with Crippen LogP contribution in [0.3, 0.4) is 0 Å². The first kappa shape index (κ1) is 17.7. The molecule has 2 aromatic carbocycles. The summed E-state index contributed by atoms with van der Waals surface area (Å²) in [6.07, 6.45) is 0. The monoisotopic (exact) mass is 326 g/mol. The van der Waals surface area contributed by atoms with Gasteiger partial charge in [0.25, 0.3) is 0 Å². The number of nitrogens with one attached hydrogen (secondary N) is 2. The van der Waals surface area contributed by atoms with Crippen LogP contribution in [0.25, 0.3) is 0 Å². The van der Waals surface area contributed by atoms with E-state index in [1.807, 2.05) is 38.4 Å². The lowest BCUT2D eigenvalue weighted by Crippen LogP contribution is -2.36. The van der Waals surface area contributed by atoms with E-state index >= 15 is 0 Å². The van der Waals surface area contributed by atoms with Crippen LogP contribution >= 0.6 is 0 Å². The maximum absolute atomic E-state index is 5.37. The quantitative estimate of drug-likeness (QED) is 0.633. The lowest BCUT2D eigenvalue weighted by molar-refractivity contribution is 0.409. The van der Waals surface area contributed by atoms with Gasteiger partial charge in [-0.05, 0) is 23.8 Å². The molecule has 0 aliphatic heterocycles. The molecule has 0 spiro atoms. The summed E-state index contributed by atoms with van der Waals surface area (Å²) in [5.41, 5.74) is 3.49. The highest BCUT2D eigenvalue weighted by Crippen LogP contribution is 2.16. The van der Waals surface area contributed by atoms with Crippen molar-refractivity contribution < 1.29 is 4.74 Å². The number of guanidine groups is 1. The minimum Gasteiger partial charge on any atom is -0.496 e. The minimum absolute atomic E-state index is 0.654. The van der Waals surface area contributed by atoms with Crippen LogP contribution in [-0.4, -0.2) is 34.2 Å². The van der Waals surface area contributed by atoms with Crippen LogP contribution in [0.1, 0.15) is 11.1 Å². The van der Waals surface area contributed by atoms with E-state index < -0.39 is 0 Å². The van der Waals surface area contributed by atoms with E-state index in [1.54, 1.807) is 14.2 Å². The topological polar surface area (TPSA) is 48.9 Å². The van der Waals surface area contributed by atoms with Crippen LogP contribution in [0.5, 0.6) is 5.75 Å². The van der Waals surface area contributed by atoms with Gasteiger partial charge >= 0.3 is 0 Å². The Morgan fingerprint density at radius 3 is 2.50 bits per heavy atom. The van der Waals surface area contributed by atoms with E-state index in [-0.39, 0.29) is 0 Å². The van der Waals surface area contributed by atoms with Gasteiger partial charge in [-0.15, -0.1) is 0 Å². The Bertz CT molecular complexity index is 683. The molecule has 128 valence electrons. The average Bonchev–Trinajstić information content (AvgIpc) is 2.62. The van der Waals surface area contributed by atoms with Gasteiger partial charge in [-0.1, -0.05) is 30.3 Å². The number of methoxy groups -OCH3 is 1. The summed E-state index contributed by atoms with van der Waals surface area (Å²) in [4.78, 5) is 6.37. The van der Waals surface area contributed by atoms with Crippen molar-refractivity contribution >= 4 is 11.6 Å². The largest absolute Gasteiger partial charge is 0.496 e. The molecule has 0 heterocycles. The highest BCUT2D eigenvalue weighted by molar-refractivity contribution is 5.79. The molecule has 5 nitrogen and oxygen atoms in total. The molecule has 0 amide bonds. The van der Waals surface area contributed by atoms with E-state index in [4.69, 9.17) is 4.74 Å². The number of aliphatic imine (C=N–C) groups is 1. The predicted molar refractivity (Wildman–Crippen MR) is 101 cm³/mol. The van der Waals surface area contributed by atoms with Crippen molar-refractivity contribution in [1.29, 1.82) is 0 Å². The van der Waals surface area contributed by atoms with Crippen molar-refractivity contribution in [3.63, 3.8) is 0 Å². The van der Waals surface area contributed by atoms with Crippen molar-refractivity contribution in [3.05, 3.63) is 59.7 Å². The maximum Gasteiger partial charge on any atom is 0.191 e. The Morgan fingerprint density at radius 2 is 1.79 bits per heavy atom. The zero-order chi connectivity index (χ0) is 17.4. The molecule has 0 saturated heterocycles. The summed E-state index contributed by atoms with van der Waals surface area (Å²) in [7, 11) is 7.54. The second-order valence-electron chi connectivity index (χ2n) is 5.66. The van der Waals surface area contributed by atoms with Gasteiger partial charge in [-0.3, -0.25) is 4.99 Å². The molecule has 0 fully saturated rings. The summed E-state index contributed by atoms with van der Waals surface area (Å²) in [6, 6.07) is 16.4. The van der Waals surface area contributed by atoms with Crippen molar-refractivity contribution in [2.75, 3.05) is 33.2 Å². The third-order valence-corrected chi connectivity index (χ3v) is 3.75. The number of para-hydroxylation sites is 1. The molecule has 5 heteroatoms. The third-order valence-electron chi connectivity index (χ3n) is 3.75. The van der Waals surface area contributed by atoms with E-state index in [2.05, 4.69) is 44.8 Å². The van der Waals surface area contributed by atoms with Crippen LogP contribution < -0.4 is 20.3 Å². The molecular weight excluding hydrogens is 300 g/mol. The summed E-state index contributed by atoms with van der Waals surface area (Å²) in [5, 5.41) is 6.66. The molecule has 0 atom stereocenters. The molecule has 0 aromatic heterocycles. The van der Waals surface area contributed by atoms with Gasteiger partial charge in [0.15, 0.2) is 5.96 Å². The summed E-state index contributed by atoms with van der Waals surface area (Å²) in [5.74, 6) is 1.63. The molecule has 2 N–H and O–H groups in total. The predicted octanol–water partition coefficient (Wildman–Crippen LogP) is 2.63. The Hall–Kier alpha value is -2.69. The number of hydrogen-bond acceptors (Lipinski definition) is 3. The van der Waals surface area contributed by atoms with Crippen LogP contribution in [0.4, 0.5) is 5.69 Å². The number of nitrogens with zero attached hydrogens (tertiary/aromatic N) is 2. The molecular formula is C19H26N4O. The van der Waals surface area contributed by atoms with Crippen LogP contribution in [0.15, 0.2) is 53.5 Å². The summed E-state index contributed by atoms with van der Waals surface area (Å²) < 4.78 is 5.37. The fourth-order valence-corrected chi connectivity index (χ4v) is 2.38. The first-order valence-electron chi connectivity index (χ1n) is 7.96. The molecule has 0 radical (unpaired) electrons. The van der Waals surface area contributed by atoms with E-state index in [1.165, 1.54) is 11.3 Å². The summed E-state index contributed by atoms with van der Waals surface area (Å²) in [6.45, 7) is 1.37. The normalized spacial score (nSPS) is 11.1. The lowest BCUT2D eigenvalue weighted by Gasteiger charge is -2.16. The number of ether oxygens (including phenoxy) is 1. The van der Waals surface area contributed by atoms with Gasteiger partial charge in [-0.25, -0.2) is 0 Å². The minimum atomic E-state index is 0.654. The molecule has 2 rings (SSSR count). The van der Waals surface area contributed by atoms with Crippen LogP contribution in [0, 0.1) is 0 Å². The Morgan fingerprint density at radius 1 is 1.04 bits per heavy atom. The molecule has 24 heavy (non-hydrogen) atoms. The highest BCUT2D eigenvalue weighted by atomic mass is 16.5. The third kappa shape index (κ3) is 4.91. The van der Waals surface area contributed by atoms with Gasteiger partial charge < -0.3 is 20.3 Å². The first-order valence-corrected chi connectivity index (χ1v) is 7.96. The van der Waals surface area contributed by atoms with Crippen molar-refractivity contribution in [3.8, 4) is 5.75 Å². The zero-order valence-corrected chi connectivity index (χ0v) is 14.8. The smallest absolute Gasteiger partial charge is 0.191 e. The van der Waals surface area contributed by atoms with Crippen molar-refractivity contribution in [2.24, 2.45) is 4.99 Å². The SMILES string of the molecule is CN=C(NCc1cccc(N(C)C)c1)NCc1ccccc1OC. The Labute approximate surface area is 144 Å². The first-order chi connectivity index (χ1) is 11.6. The Kier molecular flexibility index (Phi) is 6.49. The van der Waals surface area contributed by atoms with Crippen LogP contribution in [0.2, 0.25) is 0 Å². The van der Waals surface area contributed by atoms with Crippen molar-refractivity contribution in [2.45, 2.75) is 13.1 Å². The molecule has 0 unspecified atom stereocenters. The molecule has 0 aliphatic carbocycles. The van der Waals surface area contributed by atoms with Gasteiger partial charge in [0, 0.05) is 45.5 Å². The van der Waals surface area contributed by atoms with Gasteiger partial charge in [0.05, 0.1) is 7.11 Å². The van der Waals surface area contributed by atoms with E-state index in [9.17, 15) is 0 Å². The molecule has 0 bridgehead atoms. The molecule has 0 aliphatic rings. The van der Waals surface area contributed by atoms with Crippen LogP contribution in [-0.2, 0) is 13.1 Å². The maximum atomic E-state index is 5.37. The lowest BCUT2D eigenvalue weighted by atomic mass is 10.2. The average molecular weight is 326 g/mol. The fraction of sp³-hybridized carbons (Fsp3) is 0.316. The van der Waals surface area contributed by atoms with E-state index in [0.29, 0.717) is 13.1 Å². The second kappa shape index (κ2) is 8.82. The van der Waals surface area contributed by atoms with E-state index in [0.717, 1.165) is 17.3 Å². The second-order valence-corrected chi connectivity index (χ2v) is 5.66. The van der Waals surface area contributed by atoms with Gasteiger partial charge in [-0.2, -0.15) is 0 Å². The highest BCUT2D eigenvalue weighted by Gasteiger charge is 2.04. The van der Waals surface area contributed by atoms with Gasteiger partial charge in [0.1, 0.15) is 5.75 Å². The standard InChI is InChI=1S/C19H26N4O/c1-20-19(22-14-16-9-5-6-11-18(16)24-4)21-13-15-8-7-10-17(12-15)23(2)3/h5-12H,13-14H2,1-4H3,(H2,20,21,22).